The highest BCUT2D eigenvalue weighted by Crippen LogP contribution is 2.26. The van der Waals surface area contributed by atoms with E-state index in [0.29, 0.717) is 0 Å². The fraction of sp³-hybridized carbons (Fsp3) is 1.00. The summed E-state index contributed by atoms with van der Waals surface area (Å²) in [4.78, 5) is 2.63. The molecule has 1 saturated heterocycles. The first-order chi connectivity index (χ1) is 9.19. The predicted octanol–water partition coefficient (Wildman–Crippen LogP) is 3.67. The summed E-state index contributed by atoms with van der Waals surface area (Å²) in [7, 11) is 0. The Balaban J connectivity index is 1.65. The number of nitrogens with zero attached hydrogens (tertiary/aromatic N) is 1. The van der Waals surface area contributed by atoms with Crippen LogP contribution in [0.15, 0.2) is 0 Å². The molecule has 1 aliphatic carbocycles. The van der Waals surface area contributed by atoms with E-state index in [2.05, 4.69) is 31.0 Å². The van der Waals surface area contributed by atoms with E-state index >= 15 is 0 Å². The van der Waals surface area contributed by atoms with E-state index in [-0.39, 0.29) is 0 Å². The van der Waals surface area contributed by atoms with E-state index in [0.717, 1.165) is 23.9 Å². The molecule has 1 N–H and O–H groups in total. The third-order valence-corrected chi connectivity index (χ3v) is 5.41. The summed E-state index contributed by atoms with van der Waals surface area (Å²) in [5.41, 5.74) is 0. The maximum atomic E-state index is 3.88. The van der Waals surface area contributed by atoms with Crippen LogP contribution < -0.4 is 5.32 Å². The Morgan fingerprint density at radius 1 is 1.05 bits per heavy atom. The molecular formula is C17H34N2. The van der Waals surface area contributed by atoms with Gasteiger partial charge in [-0.2, -0.15) is 0 Å². The van der Waals surface area contributed by atoms with Crippen LogP contribution in [0.3, 0.4) is 0 Å². The highest BCUT2D eigenvalue weighted by atomic mass is 15.2. The minimum Gasteiger partial charge on any atom is -0.314 e. The summed E-state index contributed by atoms with van der Waals surface area (Å²) in [6.45, 7) is 10.9. The van der Waals surface area contributed by atoms with Gasteiger partial charge >= 0.3 is 0 Å². The maximum absolute atomic E-state index is 3.88. The molecule has 3 unspecified atom stereocenters. The van der Waals surface area contributed by atoms with E-state index in [9.17, 15) is 0 Å². The van der Waals surface area contributed by atoms with E-state index in [1.165, 1.54) is 64.6 Å². The lowest BCUT2D eigenvalue weighted by atomic mass is 9.98. The summed E-state index contributed by atoms with van der Waals surface area (Å²) < 4.78 is 0. The van der Waals surface area contributed by atoms with Gasteiger partial charge in [-0.05, 0) is 64.5 Å². The van der Waals surface area contributed by atoms with Crippen LogP contribution in [0.25, 0.3) is 0 Å². The Morgan fingerprint density at radius 2 is 1.89 bits per heavy atom. The minimum absolute atomic E-state index is 0.730. The largest absolute Gasteiger partial charge is 0.314 e. The number of hydrogen-bond acceptors (Lipinski definition) is 2. The van der Waals surface area contributed by atoms with E-state index in [4.69, 9.17) is 0 Å². The van der Waals surface area contributed by atoms with Crippen molar-refractivity contribution in [3.63, 3.8) is 0 Å². The van der Waals surface area contributed by atoms with Gasteiger partial charge in [0.2, 0.25) is 0 Å². The zero-order valence-electron chi connectivity index (χ0n) is 13.3. The van der Waals surface area contributed by atoms with E-state index in [1.54, 1.807) is 0 Å². The van der Waals surface area contributed by atoms with Gasteiger partial charge < -0.3 is 10.2 Å². The fourth-order valence-corrected chi connectivity index (χ4v) is 3.82. The molecule has 2 rings (SSSR count). The molecule has 1 heterocycles. The monoisotopic (exact) mass is 266 g/mol. The highest BCUT2D eigenvalue weighted by Gasteiger charge is 2.25. The van der Waals surface area contributed by atoms with Crippen molar-refractivity contribution in [1.82, 2.24) is 10.2 Å². The second-order valence-corrected chi connectivity index (χ2v) is 7.13. The van der Waals surface area contributed by atoms with Gasteiger partial charge in [0.25, 0.3) is 0 Å². The summed E-state index contributed by atoms with van der Waals surface area (Å²) in [5, 5.41) is 3.88. The topological polar surface area (TPSA) is 15.3 Å². The molecule has 0 spiro atoms. The van der Waals surface area contributed by atoms with Gasteiger partial charge in [0, 0.05) is 18.6 Å². The summed E-state index contributed by atoms with van der Waals surface area (Å²) >= 11 is 0. The molecule has 0 radical (unpaired) electrons. The molecule has 2 heteroatoms. The van der Waals surface area contributed by atoms with Crippen LogP contribution in [0, 0.1) is 11.8 Å². The molecule has 2 aliphatic rings. The zero-order valence-corrected chi connectivity index (χ0v) is 13.3. The van der Waals surface area contributed by atoms with Crippen LogP contribution in [0.2, 0.25) is 0 Å². The van der Waals surface area contributed by atoms with Crippen molar-refractivity contribution in [2.45, 2.75) is 77.8 Å². The average molecular weight is 266 g/mol. The lowest BCUT2D eigenvalue weighted by molar-refractivity contribution is 0.262. The molecule has 3 atom stereocenters. The quantitative estimate of drug-likeness (QED) is 0.764. The Morgan fingerprint density at radius 3 is 2.58 bits per heavy atom. The first-order valence-corrected chi connectivity index (χ1v) is 8.66. The second kappa shape index (κ2) is 7.64. The van der Waals surface area contributed by atoms with Crippen LogP contribution in [0.4, 0.5) is 0 Å². The van der Waals surface area contributed by atoms with Crippen molar-refractivity contribution in [3.05, 3.63) is 0 Å². The Labute approximate surface area is 120 Å². The van der Waals surface area contributed by atoms with Gasteiger partial charge in [0.15, 0.2) is 0 Å². The third-order valence-electron chi connectivity index (χ3n) is 5.41. The fourth-order valence-electron chi connectivity index (χ4n) is 3.82. The number of rotatable bonds is 5. The number of hydrogen-bond donors (Lipinski definition) is 1. The molecule has 1 aliphatic heterocycles. The molecule has 0 amide bonds. The van der Waals surface area contributed by atoms with Crippen molar-refractivity contribution in [3.8, 4) is 0 Å². The molecule has 0 aromatic carbocycles. The standard InChI is InChI=1S/C17H34N2/c1-4-15-6-5-7-17(9-8-15)18-12-16-10-11-19(13-16)14(2)3/h14-18H,4-13H2,1-3H3. The van der Waals surface area contributed by atoms with Gasteiger partial charge in [-0.15, -0.1) is 0 Å². The summed E-state index contributed by atoms with van der Waals surface area (Å²) in [6.07, 6.45) is 9.99. The lowest BCUT2D eigenvalue weighted by Gasteiger charge is -2.22. The van der Waals surface area contributed by atoms with E-state index in [1.807, 2.05) is 0 Å². The van der Waals surface area contributed by atoms with Crippen LogP contribution >= 0.6 is 0 Å². The number of nitrogens with one attached hydrogen (secondary N) is 1. The van der Waals surface area contributed by atoms with Gasteiger partial charge in [-0.3, -0.25) is 0 Å². The molecule has 112 valence electrons. The van der Waals surface area contributed by atoms with Crippen LogP contribution in [-0.2, 0) is 0 Å². The van der Waals surface area contributed by atoms with Gasteiger partial charge in [0.1, 0.15) is 0 Å². The SMILES string of the molecule is CCC1CCCC(NCC2CCN(C(C)C)C2)CC1. The highest BCUT2D eigenvalue weighted by molar-refractivity contribution is 4.81. The smallest absolute Gasteiger partial charge is 0.00672 e. The van der Waals surface area contributed by atoms with Crippen molar-refractivity contribution < 1.29 is 0 Å². The molecule has 0 aromatic rings. The molecule has 19 heavy (non-hydrogen) atoms. The Hall–Kier alpha value is -0.0800. The molecular weight excluding hydrogens is 232 g/mol. The third kappa shape index (κ3) is 4.75. The summed E-state index contributed by atoms with van der Waals surface area (Å²) in [5.74, 6) is 1.90. The van der Waals surface area contributed by atoms with Crippen LogP contribution in [-0.4, -0.2) is 36.6 Å². The predicted molar refractivity (Wildman–Crippen MR) is 83.5 cm³/mol. The van der Waals surface area contributed by atoms with Gasteiger partial charge in [-0.25, -0.2) is 0 Å². The first-order valence-electron chi connectivity index (χ1n) is 8.66. The molecule has 0 aromatic heterocycles. The first kappa shape index (κ1) is 15.3. The molecule has 2 nitrogen and oxygen atoms in total. The van der Waals surface area contributed by atoms with Crippen LogP contribution in [0.5, 0.6) is 0 Å². The molecule has 0 bridgehead atoms. The maximum Gasteiger partial charge on any atom is 0.00672 e. The zero-order chi connectivity index (χ0) is 13.7. The normalized spacial score (nSPS) is 33.8. The van der Waals surface area contributed by atoms with Crippen molar-refractivity contribution in [2.24, 2.45) is 11.8 Å². The minimum atomic E-state index is 0.730. The Kier molecular flexibility index (Phi) is 6.15. The second-order valence-electron chi connectivity index (χ2n) is 7.13. The summed E-state index contributed by atoms with van der Waals surface area (Å²) in [6, 6.07) is 1.54. The molecule has 2 fully saturated rings. The van der Waals surface area contributed by atoms with Gasteiger partial charge in [-0.1, -0.05) is 26.2 Å². The molecule has 1 saturated carbocycles. The van der Waals surface area contributed by atoms with Crippen LogP contribution in [0.1, 0.15) is 65.7 Å². The van der Waals surface area contributed by atoms with Crippen molar-refractivity contribution >= 4 is 0 Å². The lowest BCUT2D eigenvalue weighted by Crippen LogP contribution is -2.35. The average Bonchev–Trinajstić information content (AvgIpc) is 2.76. The van der Waals surface area contributed by atoms with Crippen molar-refractivity contribution in [1.29, 1.82) is 0 Å². The van der Waals surface area contributed by atoms with Crippen molar-refractivity contribution in [2.75, 3.05) is 19.6 Å². The van der Waals surface area contributed by atoms with E-state index < -0.39 is 0 Å². The van der Waals surface area contributed by atoms with Gasteiger partial charge in [0.05, 0.1) is 0 Å². The Bertz CT molecular complexity index is 252. The number of likely N-dealkylation sites (tertiary alicyclic amines) is 1.